The molecule has 3 nitrogen and oxygen atoms in total. The molecule has 1 aromatic rings. The third-order valence-corrected chi connectivity index (χ3v) is 2.53. The van der Waals surface area contributed by atoms with Crippen molar-refractivity contribution in [3.8, 4) is 17.2 Å². The van der Waals surface area contributed by atoms with Gasteiger partial charge in [-0.1, -0.05) is 15.9 Å². The highest BCUT2D eigenvalue weighted by atomic mass is 79.9. The van der Waals surface area contributed by atoms with Gasteiger partial charge in [0.15, 0.2) is 11.5 Å². The Morgan fingerprint density at radius 2 is 1.69 bits per heavy atom. The summed E-state index contributed by atoms with van der Waals surface area (Å²) in [5.41, 5.74) is 0.843. The summed E-state index contributed by atoms with van der Waals surface area (Å²) in [6.45, 7) is -2.92. The van der Waals surface area contributed by atoms with E-state index in [4.69, 9.17) is 9.47 Å². The zero-order chi connectivity index (χ0) is 12.1. The normalized spacial score (nSPS) is 10.4. The smallest absolute Gasteiger partial charge is 0.387 e. The zero-order valence-electron chi connectivity index (χ0n) is 8.80. The Bertz CT molecular complexity index is 333. The molecule has 0 saturated heterocycles. The molecule has 0 bridgehead atoms. The van der Waals surface area contributed by atoms with Gasteiger partial charge in [-0.3, -0.25) is 0 Å². The lowest BCUT2D eigenvalue weighted by Crippen LogP contribution is -2.05. The van der Waals surface area contributed by atoms with E-state index in [0.29, 0.717) is 5.33 Å². The maximum absolute atomic E-state index is 12.2. The van der Waals surface area contributed by atoms with Crippen LogP contribution in [0.3, 0.4) is 0 Å². The molecule has 0 aromatic heterocycles. The number of alkyl halides is 3. The molecule has 6 heteroatoms. The lowest BCUT2D eigenvalue weighted by molar-refractivity contribution is -0.0526. The topological polar surface area (TPSA) is 27.7 Å². The summed E-state index contributed by atoms with van der Waals surface area (Å²) in [4.78, 5) is 0. The van der Waals surface area contributed by atoms with Gasteiger partial charge in [-0.25, -0.2) is 0 Å². The predicted octanol–water partition coefficient (Wildman–Crippen LogP) is 3.20. The third-order valence-electron chi connectivity index (χ3n) is 1.88. The van der Waals surface area contributed by atoms with Crippen LogP contribution in [0.15, 0.2) is 12.1 Å². The van der Waals surface area contributed by atoms with Crippen LogP contribution in [-0.4, -0.2) is 20.8 Å². The molecule has 0 unspecified atom stereocenters. The van der Waals surface area contributed by atoms with E-state index < -0.39 is 6.61 Å². The maximum atomic E-state index is 12.2. The quantitative estimate of drug-likeness (QED) is 0.781. The SMILES string of the molecule is COc1cc(CBr)cc(OC)c1OC(F)F. The molecule has 0 radical (unpaired) electrons. The van der Waals surface area contributed by atoms with Gasteiger partial charge in [0.05, 0.1) is 14.2 Å². The van der Waals surface area contributed by atoms with Gasteiger partial charge in [0, 0.05) is 5.33 Å². The van der Waals surface area contributed by atoms with E-state index in [9.17, 15) is 8.78 Å². The van der Waals surface area contributed by atoms with Crippen molar-refractivity contribution in [3.63, 3.8) is 0 Å². The first-order valence-corrected chi connectivity index (χ1v) is 5.50. The first kappa shape index (κ1) is 13.0. The monoisotopic (exact) mass is 296 g/mol. The van der Waals surface area contributed by atoms with Crippen LogP contribution in [0.5, 0.6) is 17.2 Å². The second-order valence-electron chi connectivity index (χ2n) is 2.84. The molecule has 90 valence electrons. The van der Waals surface area contributed by atoms with Crippen LogP contribution in [0, 0.1) is 0 Å². The van der Waals surface area contributed by atoms with E-state index in [-0.39, 0.29) is 17.2 Å². The standard InChI is InChI=1S/C10H11BrF2O3/c1-14-7-3-6(5-11)4-8(15-2)9(7)16-10(12)13/h3-4,10H,5H2,1-2H3. The minimum Gasteiger partial charge on any atom is -0.493 e. The Morgan fingerprint density at radius 3 is 2.00 bits per heavy atom. The number of halogens is 3. The average molecular weight is 297 g/mol. The molecule has 1 aromatic carbocycles. The van der Waals surface area contributed by atoms with E-state index >= 15 is 0 Å². The summed E-state index contributed by atoms with van der Waals surface area (Å²) in [6, 6.07) is 3.21. The molecule has 0 aliphatic rings. The number of benzene rings is 1. The number of methoxy groups -OCH3 is 2. The third kappa shape index (κ3) is 2.98. The highest BCUT2D eigenvalue weighted by molar-refractivity contribution is 9.08. The van der Waals surface area contributed by atoms with Crippen LogP contribution in [0.1, 0.15) is 5.56 Å². The molecule has 0 amide bonds. The van der Waals surface area contributed by atoms with E-state index in [1.165, 1.54) is 14.2 Å². The van der Waals surface area contributed by atoms with Gasteiger partial charge in [0.25, 0.3) is 0 Å². The number of rotatable bonds is 5. The van der Waals surface area contributed by atoms with Gasteiger partial charge in [0.1, 0.15) is 0 Å². The van der Waals surface area contributed by atoms with Crippen LogP contribution < -0.4 is 14.2 Å². The fourth-order valence-electron chi connectivity index (χ4n) is 1.22. The molecule has 16 heavy (non-hydrogen) atoms. The summed E-state index contributed by atoms with van der Waals surface area (Å²) in [7, 11) is 2.76. The summed E-state index contributed by atoms with van der Waals surface area (Å²) in [5, 5.41) is 0.564. The first-order valence-electron chi connectivity index (χ1n) is 4.38. The minimum atomic E-state index is -2.92. The molecule has 0 saturated carbocycles. The lowest BCUT2D eigenvalue weighted by Gasteiger charge is -2.14. The van der Waals surface area contributed by atoms with Crippen LogP contribution in [-0.2, 0) is 5.33 Å². The molecule has 0 N–H and O–H groups in total. The second kappa shape index (κ2) is 5.89. The van der Waals surface area contributed by atoms with Crippen LogP contribution in [0.2, 0.25) is 0 Å². The Hall–Kier alpha value is -1.04. The molecule has 0 aliphatic carbocycles. The Kier molecular flexibility index (Phi) is 4.79. The molecule has 0 fully saturated rings. The number of hydrogen-bond acceptors (Lipinski definition) is 3. The highest BCUT2D eigenvalue weighted by Crippen LogP contribution is 2.39. The summed E-state index contributed by atoms with van der Waals surface area (Å²) >= 11 is 3.26. The van der Waals surface area contributed by atoms with Gasteiger partial charge in [-0.2, -0.15) is 8.78 Å². The van der Waals surface area contributed by atoms with Crippen LogP contribution >= 0.6 is 15.9 Å². The Labute approximate surface area is 100 Å². The minimum absolute atomic E-state index is 0.0929. The van der Waals surface area contributed by atoms with Crippen molar-refractivity contribution in [3.05, 3.63) is 17.7 Å². The van der Waals surface area contributed by atoms with Crippen molar-refractivity contribution in [2.24, 2.45) is 0 Å². The van der Waals surface area contributed by atoms with Crippen LogP contribution in [0.4, 0.5) is 8.78 Å². The maximum Gasteiger partial charge on any atom is 0.387 e. The molecule has 0 aliphatic heterocycles. The molecular formula is C10H11BrF2O3. The summed E-state index contributed by atoms with van der Waals surface area (Å²) in [6.07, 6.45) is 0. The lowest BCUT2D eigenvalue weighted by atomic mass is 10.2. The van der Waals surface area contributed by atoms with Gasteiger partial charge in [0.2, 0.25) is 5.75 Å². The van der Waals surface area contributed by atoms with Crippen molar-refractivity contribution in [2.75, 3.05) is 14.2 Å². The largest absolute Gasteiger partial charge is 0.493 e. The van der Waals surface area contributed by atoms with Crippen molar-refractivity contribution in [2.45, 2.75) is 11.9 Å². The molecule has 0 heterocycles. The second-order valence-corrected chi connectivity index (χ2v) is 3.40. The molecule has 1 rings (SSSR count). The summed E-state index contributed by atoms with van der Waals surface area (Å²) < 4.78 is 38.7. The Morgan fingerprint density at radius 1 is 1.19 bits per heavy atom. The fourth-order valence-corrected chi connectivity index (χ4v) is 1.54. The van der Waals surface area contributed by atoms with E-state index in [0.717, 1.165) is 5.56 Å². The van der Waals surface area contributed by atoms with Gasteiger partial charge in [-0.05, 0) is 17.7 Å². The molecular weight excluding hydrogens is 286 g/mol. The molecule has 0 atom stereocenters. The van der Waals surface area contributed by atoms with E-state index in [2.05, 4.69) is 20.7 Å². The number of ether oxygens (including phenoxy) is 3. The van der Waals surface area contributed by atoms with Crippen molar-refractivity contribution >= 4 is 15.9 Å². The van der Waals surface area contributed by atoms with Crippen molar-refractivity contribution in [1.29, 1.82) is 0 Å². The number of hydrogen-bond donors (Lipinski definition) is 0. The average Bonchev–Trinajstić information content (AvgIpc) is 2.28. The first-order chi connectivity index (χ1) is 7.62. The molecule has 0 spiro atoms. The predicted molar refractivity (Wildman–Crippen MR) is 58.8 cm³/mol. The Balaban J connectivity index is 3.20. The van der Waals surface area contributed by atoms with Gasteiger partial charge >= 0.3 is 6.61 Å². The van der Waals surface area contributed by atoms with Crippen molar-refractivity contribution < 1.29 is 23.0 Å². The van der Waals surface area contributed by atoms with E-state index in [1.807, 2.05) is 0 Å². The van der Waals surface area contributed by atoms with Gasteiger partial charge in [-0.15, -0.1) is 0 Å². The van der Waals surface area contributed by atoms with E-state index in [1.54, 1.807) is 12.1 Å². The fraction of sp³-hybridized carbons (Fsp3) is 0.400. The zero-order valence-corrected chi connectivity index (χ0v) is 10.4. The van der Waals surface area contributed by atoms with Gasteiger partial charge < -0.3 is 14.2 Å². The summed E-state index contributed by atoms with van der Waals surface area (Å²) in [5.74, 6) is 0.341. The van der Waals surface area contributed by atoms with Crippen LogP contribution in [0.25, 0.3) is 0 Å². The highest BCUT2D eigenvalue weighted by Gasteiger charge is 2.17. The van der Waals surface area contributed by atoms with Crippen molar-refractivity contribution in [1.82, 2.24) is 0 Å².